The summed E-state index contributed by atoms with van der Waals surface area (Å²) in [6.45, 7) is 16.3. The van der Waals surface area contributed by atoms with Crippen LogP contribution >= 0.6 is 0 Å². The fraction of sp³-hybridized carbons (Fsp3) is 0.636. The van der Waals surface area contributed by atoms with Crippen molar-refractivity contribution in [3.8, 4) is 5.75 Å². The summed E-state index contributed by atoms with van der Waals surface area (Å²) in [5, 5.41) is 2.83. The van der Waals surface area contributed by atoms with Crippen LogP contribution in [0.5, 0.6) is 5.75 Å². The topological polar surface area (TPSA) is 73.9 Å². The van der Waals surface area contributed by atoms with Crippen LogP contribution in [0.3, 0.4) is 0 Å². The van der Waals surface area contributed by atoms with Gasteiger partial charge in [0.15, 0.2) is 0 Å². The van der Waals surface area contributed by atoms with E-state index in [2.05, 4.69) is 39.2 Å². The summed E-state index contributed by atoms with van der Waals surface area (Å²) in [4.78, 5) is 24.8. The molecule has 162 valence electrons. The highest BCUT2D eigenvalue weighted by molar-refractivity contribution is 6.74. The van der Waals surface area contributed by atoms with Gasteiger partial charge in [0.2, 0.25) is 8.32 Å². The molecule has 29 heavy (non-hydrogen) atoms. The number of esters is 1. The highest BCUT2D eigenvalue weighted by Gasteiger charge is 2.63. The van der Waals surface area contributed by atoms with Crippen molar-refractivity contribution in [2.45, 2.75) is 83.2 Å². The number of benzene rings is 1. The van der Waals surface area contributed by atoms with Crippen molar-refractivity contribution in [2.24, 2.45) is 0 Å². The van der Waals surface area contributed by atoms with Gasteiger partial charge in [0.05, 0.1) is 7.11 Å². The number of alkyl carbamates (subject to hydrolysis) is 1. The smallest absolute Gasteiger partial charge is 0.408 e. The first kappa shape index (κ1) is 23.3. The Morgan fingerprint density at radius 3 is 2.28 bits per heavy atom. The molecule has 0 aliphatic heterocycles. The zero-order valence-electron chi connectivity index (χ0n) is 19.1. The van der Waals surface area contributed by atoms with Crippen LogP contribution in [0.2, 0.25) is 18.1 Å². The second-order valence-electron chi connectivity index (χ2n) is 10.3. The fourth-order valence-electron chi connectivity index (χ4n) is 2.99. The van der Waals surface area contributed by atoms with Crippen LogP contribution in [0.25, 0.3) is 0 Å². The van der Waals surface area contributed by atoms with Gasteiger partial charge in [-0.15, -0.1) is 0 Å². The number of amides is 1. The van der Waals surface area contributed by atoms with E-state index < -0.39 is 31.5 Å². The summed E-state index contributed by atoms with van der Waals surface area (Å²) in [6.07, 6.45) is -0.165. The van der Waals surface area contributed by atoms with Gasteiger partial charge in [0, 0.05) is 5.92 Å². The maximum absolute atomic E-state index is 12.5. The minimum atomic E-state index is -1.98. The zero-order chi connectivity index (χ0) is 22.3. The van der Waals surface area contributed by atoms with E-state index in [4.69, 9.17) is 13.9 Å². The molecular weight excluding hydrogens is 386 g/mol. The molecule has 1 fully saturated rings. The number of methoxy groups -OCH3 is 1. The van der Waals surface area contributed by atoms with Gasteiger partial charge in [-0.2, -0.15) is 0 Å². The molecule has 1 aliphatic carbocycles. The second-order valence-corrected chi connectivity index (χ2v) is 15.0. The summed E-state index contributed by atoms with van der Waals surface area (Å²) in [6, 6.07) is 7.77. The van der Waals surface area contributed by atoms with E-state index in [1.54, 1.807) is 20.8 Å². The summed E-state index contributed by atoms with van der Waals surface area (Å²) >= 11 is 0. The first-order valence-electron chi connectivity index (χ1n) is 10.00. The minimum Gasteiger partial charge on any atom is -0.543 e. The normalized spacial score (nSPS) is 21.9. The molecule has 6 nitrogen and oxygen atoms in total. The average Bonchev–Trinajstić information content (AvgIpc) is 3.26. The Hall–Kier alpha value is -2.02. The largest absolute Gasteiger partial charge is 0.543 e. The third kappa shape index (κ3) is 5.32. The number of hydrogen-bond donors (Lipinski definition) is 1. The van der Waals surface area contributed by atoms with Gasteiger partial charge in [-0.25, -0.2) is 9.59 Å². The van der Waals surface area contributed by atoms with Gasteiger partial charge >= 0.3 is 12.1 Å². The molecule has 0 radical (unpaired) electrons. The number of rotatable bonds is 5. The van der Waals surface area contributed by atoms with Crippen molar-refractivity contribution in [3.05, 3.63) is 29.8 Å². The molecule has 1 aliphatic rings. The third-order valence-corrected chi connectivity index (χ3v) is 10.0. The van der Waals surface area contributed by atoms with E-state index in [0.717, 1.165) is 11.3 Å². The van der Waals surface area contributed by atoms with Crippen molar-refractivity contribution in [1.29, 1.82) is 0 Å². The maximum atomic E-state index is 12.5. The van der Waals surface area contributed by atoms with Crippen LogP contribution in [0.4, 0.5) is 4.79 Å². The van der Waals surface area contributed by atoms with Crippen LogP contribution in [0, 0.1) is 0 Å². The number of hydrogen-bond acceptors (Lipinski definition) is 5. The zero-order valence-corrected chi connectivity index (χ0v) is 20.1. The van der Waals surface area contributed by atoms with Crippen LogP contribution in [0.15, 0.2) is 24.3 Å². The monoisotopic (exact) mass is 421 g/mol. The molecule has 1 N–H and O–H groups in total. The van der Waals surface area contributed by atoms with Crippen molar-refractivity contribution in [1.82, 2.24) is 5.32 Å². The lowest BCUT2D eigenvalue weighted by Gasteiger charge is -2.36. The van der Waals surface area contributed by atoms with Crippen molar-refractivity contribution < 1.29 is 23.5 Å². The molecule has 7 heteroatoms. The van der Waals surface area contributed by atoms with Gasteiger partial charge < -0.3 is 19.2 Å². The number of ether oxygens (including phenoxy) is 2. The lowest BCUT2D eigenvalue weighted by molar-refractivity contribution is -0.144. The van der Waals surface area contributed by atoms with Gasteiger partial charge in [0.25, 0.3) is 0 Å². The average molecular weight is 422 g/mol. The lowest BCUT2D eigenvalue weighted by Crippen LogP contribution is -2.47. The molecule has 0 saturated heterocycles. The predicted octanol–water partition coefficient (Wildman–Crippen LogP) is 4.99. The Morgan fingerprint density at radius 1 is 1.14 bits per heavy atom. The van der Waals surface area contributed by atoms with Crippen molar-refractivity contribution in [3.63, 3.8) is 0 Å². The highest BCUT2D eigenvalue weighted by atomic mass is 28.4. The Balaban J connectivity index is 2.24. The Bertz CT molecular complexity index is 778. The van der Waals surface area contributed by atoms with Gasteiger partial charge in [-0.3, -0.25) is 0 Å². The van der Waals surface area contributed by atoms with E-state index in [-0.39, 0.29) is 11.0 Å². The summed E-state index contributed by atoms with van der Waals surface area (Å²) in [5.74, 6) is 0.131. The molecule has 2 rings (SSSR count). The molecule has 0 unspecified atom stereocenters. The first-order chi connectivity index (χ1) is 13.1. The number of nitrogens with one attached hydrogen (secondary N) is 1. The van der Waals surface area contributed by atoms with Gasteiger partial charge in [-0.1, -0.05) is 32.9 Å². The molecule has 1 saturated carbocycles. The second kappa shape index (κ2) is 7.67. The highest BCUT2D eigenvalue weighted by Crippen LogP contribution is 2.53. The van der Waals surface area contributed by atoms with E-state index in [1.807, 2.05) is 24.3 Å². The van der Waals surface area contributed by atoms with Gasteiger partial charge in [0.1, 0.15) is 16.9 Å². The lowest BCUT2D eigenvalue weighted by atomic mass is 10.1. The van der Waals surface area contributed by atoms with Gasteiger partial charge in [-0.05, 0) is 63.0 Å². The Labute approximate surface area is 175 Å². The SMILES string of the molecule is COC(=O)[C@@]1(NC(=O)OC(C)(C)C)C[C@@H]1c1cccc(O[Si](C)(C)C(C)(C)C)c1. The summed E-state index contributed by atoms with van der Waals surface area (Å²) in [5.41, 5.74) is -0.822. The Kier molecular flexibility index (Phi) is 6.15. The van der Waals surface area contributed by atoms with Crippen LogP contribution < -0.4 is 9.74 Å². The predicted molar refractivity (Wildman–Crippen MR) is 116 cm³/mol. The molecule has 0 bridgehead atoms. The molecule has 0 heterocycles. The third-order valence-electron chi connectivity index (χ3n) is 5.67. The first-order valence-corrected chi connectivity index (χ1v) is 12.9. The molecule has 0 spiro atoms. The minimum absolute atomic E-state index is 0.0800. The number of carbonyl (C=O) groups is 2. The standard InChI is InChI=1S/C22H35NO5Si/c1-20(2,3)27-19(25)23-22(18(24)26-7)14-17(22)15-11-10-12-16(13-15)28-29(8,9)21(4,5)6/h10-13,17H,14H2,1-9H3,(H,23,25)/t17-,22-/m1/s1. The van der Waals surface area contributed by atoms with Crippen molar-refractivity contribution in [2.75, 3.05) is 7.11 Å². The Morgan fingerprint density at radius 2 is 1.76 bits per heavy atom. The van der Waals surface area contributed by atoms with E-state index in [9.17, 15) is 9.59 Å². The van der Waals surface area contributed by atoms with E-state index >= 15 is 0 Å². The molecule has 1 amide bonds. The van der Waals surface area contributed by atoms with E-state index in [0.29, 0.717) is 6.42 Å². The fourth-order valence-corrected chi connectivity index (χ4v) is 4.01. The quantitative estimate of drug-likeness (QED) is 0.535. The molecule has 1 aromatic carbocycles. The van der Waals surface area contributed by atoms with Crippen LogP contribution in [-0.2, 0) is 14.3 Å². The summed E-state index contributed by atoms with van der Waals surface area (Å²) < 4.78 is 16.7. The van der Waals surface area contributed by atoms with Crippen molar-refractivity contribution >= 4 is 20.4 Å². The number of carbonyl (C=O) groups excluding carboxylic acids is 2. The molecule has 2 atom stereocenters. The van der Waals surface area contributed by atoms with Crippen LogP contribution in [-0.4, -0.2) is 38.6 Å². The van der Waals surface area contributed by atoms with E-state index in [1.165, 1.54) is 7.11 Å². The molecular formula is C22H35NO5Si. The molecule has 1 aromatic rings. The van der Waals surface area contributed by atoms with Crippen LogP contribution in [0.1, 0.15) is 59.4 Å². The molecule has 0 aromatic heterocycles. The maximum Gasteiger partial charge on any atom is 0.408 e. The summed E-state index contributed by atoms with van der Waals surface area (Å²) in [7, 11) is -0.655.